The number of anilines is 1. The van der Waals surface area contributed by atoms with E-state index in [1.807, 2.05) is 24.4 Å². The third kappa shape index (κ3) is 8.56. The van der Waals surface area contributed by atoms with E-state index in [1.54, 1.807) is 0 Å². The summed E-state index contributed by atoms with van der Waals surface area (Å²) in [5, 5.41) is 6.82. The Hall–Kier alpha value is -1.05. The van der Waals surface area contributed by atoms with Gasteiger partial charge in [0.15, 0.2) is 5.96 Å². The first-order valence-corrected chi connectivity index (χ1v) is 9.87. The summed E-state index contributed by atoms with van der Waals surface area (Å²) in [6.07, 6.45) is 6.65. The van der Waals surface area contributed by atoms with Gasteiger partial charge in [0.1, 0.15) is 5.82 Å². The van der Waals surface area contributed by atoms with Crippen molar-refractivity contribution in [1.82, 2.24) is 15.2 Å². The zero-order valence-electron chi connectivity index (χ0n) is 16.6. The second kappa shape index (κ2) is 13.2. The standard InChI is InChI=1S/C20H35N5.HI/c1-4-21-20(25-14-10-18(16-25)15-17(2)3)24-13-8-7-12-23-19-9-5-6-11-22-19;/h5-6,9,11,17-18H,4,7-8,10,12-16H2,1-3H3,(H,21,24)(H,22,23);1H. The first-order valence-electron chi connectivity index (χ1n) is 9.87. The maximum Gasteiger partial charge on any atom is 0.193 e. The number of nitrogens with one attached hydrogen (secondary N) is 2. The van der Waals surface area contributed by atoms with Crippen molar-refractivity contribution in [2.45, 2.75) is 46.5 Å². The van der Waals surface area contributed by atoms with E-state index in [9.17, 15) is 0 Å². The molecule has 1 aliphatic heterocycles. The highest BCUT2D eigenvalue weighted by atomic mass is 127. The van der Waals surface area contributed by atoms with Crippen LogP contribution in [0.4, 0.5) is 5.82 Å². The van der Waals surface area contributed by atoms with Crippen molar-refractivity contribution in [3.63, 3.8) is 0 Å². The molecule has 2 rings (SSSR count). The van der Waals surface area contributed by atoms with Crippen LogP contribution in [0.15, 0.2) is 29.4 Å². The van der Waals surface area contributed by atoms with Gasteiger partial charge in [-0.05, 0) is 56.6 Å². The third-order valence-electron chi connectivity index (χ3n) is 4.54. The van der Waals surface area contributed by atoms with Crippen molar-refractivity contribution in [1.29, 1.82) is 0 Å². The number of hydrogen-bond donors (Lipinski definition) is 2. The molecular weight excluding hydrogens is 437 g/mol. The Morgan fingerprint density at radius 2 is 2.19 bits per heavy atom. The highest BCUT2D eigenvalue weighted by Gasteiger charge is 2.25. The van der Waals surface area contributed by atoms with Crippen molar-refractivity contribution in [2.24, 2.45) is 16.8 Å². The average Bonchev–Trinajstić information content (AvgIpc) is 3.05. The molecule has 0 bridgehead atoms. The Bertz CT molecular complexity index is 506. The zero-order valence-corrected chi connectivity index (χ0v) is 18.9. The molecule has 0 amide bonds. The predicted molar refractivity (Wildman–Crippen MR) is 122 cm³/mol. The Labute approximate surface area is 176 Å². The first kappa shape index (κ1) is 23.0. The maximum atomic E-state index is 4.84. The van der Waals surface area contributed by atoms with Gasteiger partial charge >= 0.3 is 0 Å². The molecule has 0 aromatic carbocycles. The molecule has 6 heteroatoms. The zero-order chi connectivity index (χ0) is 17.9. The van der Waals surface area contributed by atoms with Gasteiger partial charge in [-0.3, -0.25) is 4.99 Å². The van der Waals surface area contributed by atoms with Gasteiger partial charge in [0.05, 0.1) is 0 Å². The number of rotatable bonds is 9. The van der Waals surface area contributed by atoms with Crippen LogP contribution in [0.3, 0.4) is 0 Å². The molecule has 5 nitrogen and oxygen atoms in total. The average molecular weight is 473 g/mol. The fourth-order valence-corrected chi connectivity index (χ4v) is 3.42. The van der Waals surface area contributed by atoms with E-state index in [-0.39, 0.29) is 24.0 Å². The molecule has 0 aliphatic carbocycles. The minimum absolute atomic E-state index is 0. The number of aromatic nitrogens is 1. The second-order valence-electron chi connectivity index (χ2n) is 7.31. The molecule has 1 aromatic heterocycles. The highest BCUT2D eigenvalue weighted by Crippen LogP contribution is 2.23. The summed E-state index contributed by atoms with van der Waals surface area (Å²) in [7, 11) is 0. The fourth-order valence-electron chi connectivity index (χ4n) is 3.42. The van der Waals surface area contributed by atoms with E-state index in [4.69, 9.17) is 4.99 Å². The summed E-state index contributed by atoms with van der Waals surface area (Å²) >= 11 is 0. The van der Waals surface area contributed by atoms with Gasteiger partial charge in [-0.1, -0.05) is 19.9 Å². The van der Waals surface area contributed by atoms with Gasteiger partial charge in [0, 0.05) is 38.9 Å². The molecule has 0 radical (unpaired) electrons. The van der Waals surface area contributed by atoms with Crippen LogP contribution in [0.25, 0.3) is 0 Å². The summed E-state index contributed by atoms with van der Waals surface area (Å²) in [5.74, 6) is 3.67. The Kier molecular flexibility index (Phi) is 11.6. The van der Waals surface area contributed by atoms with Crippen molar-refractivity contribution < 1.29 is 0 Å². The fraction of sp³-hybridized carbons (Fsp3) is 0.700. The summed E-state index contributed by atoms with van der Waals surface area (Å²) in [4.78, 5) is 11.6. The molecule has 1 unspecified atom stereocenters. The van der Waals surface area contributed by atoms with Gasteiger partial charge in [-0.15, -0.1) is 24.0 Å². The molecule has 1 saturated heterocycles. The number of hydrogen-bond acceptors (Lipinski definition) is 3. The molecule has 0 saturated carbocycles. The molecule has 26 heavy (non-hydrogen) atoms. The summed E-state index contributed by atoms with van der Waals surface area (Å²) < 4.78 is 0. The third-order valence-corrected chi connectivity index (χ3v) is 4.54. The lowest BCUT2D eigenvalue weighted by Gasteiger charge is -2.22. The monoisotopic (exact) mass is 473 g/mol. The van der Waals surface area contributed by atoms with E-state index in [1.165, 1.54) is 12.8 Å². The number of likely N-dealkylation sites (tertiary alicyclic amines) is 1. The van der Waals surface area contributed by atoms with E-state index in [0.29, 0.717) is 0 Å². The molecule has 2 heterocycles. The van der Waals surface area contributed by atoms with Crippen LogP contribution in [0.5, 0.6) is 0 Å². The van der Waals surface area contributed by atoms with E-state index >= 15 is 0 Å². The molecule has 2 N–H and O–H groups in total. The van der Waals surface area contributed by atoms with E-state index in [0.717, 1.165) is 69.2 Å². The van der Waals surface area contributed by atoms with Crippen LogP contribution < -0.4 is 10.6 Å². The van der Waals surface area contributed by atoms with Gasteiger partial charge in [0.25, 0.3) is 0 Å². The first-order chi connectivity index (χ1) is 12.2. The quantitative estimate of drug-likeness (QED) is 0.244. The minimum Gasteiger partial charge on any atom is -0.370 e. The van der Waals surface area contributed by atoms with Crippen LogP contribution in [0, 0.1) is 11.8 Å². The van der Waals surface area contributed by atoms with Crippen molar-refractivity contribution in [3.05, 3.63) is 24.4 Å². The van der Waals surface area contributed by atoms with Crippen molar-refractivity contribution in [2.75, 3.05) is 38.0 Å². The summed E-state index contributed by atoms with van der Waals surface area (Å²) in [5.41, 5.74) is 0. The van der Waals surface area contributed by atoms with E-state index < -0.39 is 0 Å². The normalized spacial score (nSPS) is 17.3. The minimum atomic E-state index is 0. The lowest BCUT2D eigenvalue weighted by atomic mass is 9.97. The van der Waals surface area contributed by atoms with Crippen molar-refractivity contribution in [3.8, 4) is 0 Å². The number of pyridine rings is 1. The molecule has 148 valence electrons. The summed E-state index contributed by atoms with van der Waals surface area (Å²) in [6, 6.07) is 5.94. The number of halogens is 1. The number of nitrogens with zero attached hydrogens (tertiary/aromatic N) is 3. The maximum absolute atomic E-state index is 4.84. The second-order valence-corrected chi connectivity index (χ2v) is 7.31. The highest BCUT2D eigenvalue weighted by molar-refractivity contribution is 14.0. The number of unbranched alkanes of at least 4 members (excludes halogenated alkanes) is 1. The van der Waals surface area contributed by atoms with Gasteiger partial charge in [-0.25, -0.2) is 4.98 Å². The lowest BCUT2D eigenvalue weighted by molar-refractivity contribution is 0.403. The van der Waals surface area contributed by atoms with Gasteiger partial charge < -0.3 is 15.5 Å². The number of guanidine groups is 1. The molecule has 1 aliphatic rings. The largest absolute Gasteiger partial charge is 0.370 e. The molecule has 0 spiro atoms. The SMILES string of the molecule is CCNC(=NCCCCNc1ccccn1)N1CCC(CC(C)C)C1.I. The van der Waals surface area contributed by atoms with Crippen LogP contribution in [0.2, 0.25) is 0 Å². The summed E-state index contributed by atoms with van der Waals surface area (Å²) in [6.45, 7) is 11.9. The molecule has 1 atom stereocenters. The Morgan fingerprint density at radius 1 is 1.35 bits per heavy atom. The van der Waals surface area contributed by atoms with Crippen LogP contribution in [-0.2, 0) is 0 Å². The van der Waals surface area contributed by atoms with Crippen LogP contribution >= 0.6 is 24.0 Å². The predicted octanol–water partition coefficient (Wildman–Crippen LogP) is 4.23. The smallest absolute Gasteiger partial charge is 0.193 e. The molecule has 1 aromatic rings. The van der Waals surface area contributed by atoms with Gasteiger partial charge in [-0.2, -0.15) is 0 Å². The van der Waals surface area contributed by atoms with Crippen molar-refractivity contribution >= 4 is 35.8 Å². The topological polar surface area (TPSA) is 52.6 Å². The van der Waals surface area contributed by atoms with Crippen LogP contribution in [0.1, 0.15) is 46.5 Å². The van der Waals surface area contributed by atoms with Gasteiger partial charge in [0.2, 0.25) is 0 Å². The Balaban J connectivity index is 0.00000338. The van der Waals surface area contributed by atoms with E-state index in [2.05, 4.69) is 41.3 Å². The number of aliphatic imine (C=N–C) groups is 1. The lowest BCUT2D eigenvalue weighted by Crippen LogP contribution is -2.40. The van der Waals surface area contributed by atoms with Crippen LogP contribution in [-0.4, -0.2) is 48.6 Å². The molecular formula is C20H36IN5. The molecule has 1 fully saturated rings. The Morgan fingerprint density at radius 3 is 2.88 bits per heavy atom.